The summed E-state index contributed by atoms with van der Waals surface area (Å²) in [5.41, 5.74) is 7.52. The quantitative estimate of drug-likeness (QED) is 0.802. The van der Waals surface area contributed by atoms with E-state index in [0.717, 1.165) is 11.1 Å². The van der Waals surface area contributed by atoms with E-state index < -0.39 is 0 Å². The summed E-state index contributed by atoms with van der Waals surface area (Å²) in [5.74, 6) is -0.243. The molecular weight excluding hydrogens is 254 g/mol. The van der Waals surface area contributed by atoms with Crippen LogP contribution in [0.25, 0.3) is 0 Å². The van der Waals surface area contributed by atoms with Crippen molar-refractivity contribution in [1.29, 1.82) is 0 Å². The Hall–Kier alpha value is -1.88. The molecule has 110 valence electrons. The first-order chi connectivity index (χ1) is 9.43. The summed E-state index contributed by atoms with van der Waals surface area (Å²) in [6.07, 6.45) is 0.263. The van der Waals surface area contributed by atoms with Gasteiger partial charge in [0, 0.05) is 19.6 Å². The zero-order chi connectivity index (χ0) is 15.1. The molecule has 1 rings (SSSR count). The molecule has 1 aromatic rings. The van der Waals surface area contributed by atoms with Gasteiger partial charge in [-0.25, -0.2) is 0 Å². The minimum Gasteiger partial charge on any atom is -0.352 e. The molecule has 0 aliphatic carbocycles. The Bertz CT molecular complexity index is 472. The highest BCUT2D eigenvalue weighted by Crippen LogP contribution is 2.09. The van der Waals surface area contributed by atoms with Crippen LogP contribution >= 0.6 is 0 Å². The topological polar surface area (TPSA) is 75.4 Å². The van der Waals surface area contributed by atoms with Gasteiger partial charge in [-0.3, -0.25) is 9.59 Å². The molecule has 1 aromatic carbocycles. The molecule has 5 heteroatoms. The van der Waals surface area contributed by atoms with Crippen LogP contribution in [0.15, 0.2) is 24.3 Å². The van der Waals surface area contributed by atoms with Crippen molar-refractivity contribution < 1.29 is 9.59 Å². The van der Waals surface area contributed by atoms with Crippen molar-refractivity contribution in [3.8, 4) is 0 Å². The molecule has 0 aliphatic heterocycles. The number of likely N-dealkylation sites (N-methyl/N-ethyl adjacent to an activating group) is 1. The van der Waals surface area contributed by atoms with Gasteiger partial charge in [-0.15, -0.1) is 0 Å². The van der Waals surface area contributed by atoms with Crippen LogP contribution in [0.4, 0.5) is 0 Å². The second kappa shape index (κ2) is 7.65. The largest absolute Gasteiger partial charge is 0.352 e. The van der Waals surface area contributed by atoms with Crippen LogP contribution in [-0.4, -0.2) is 36.3 Å². The van der Waals surface area contributed by atoms with Gasteiger partial charge in [-0.2, -0.15) is 0 Å². The van der Waals surface area contributed by atoms with Gasteiger partial charge < -0.3 is 16.0 Å². The SMILES string of the molecule is CC(C)NC(=O)CN(C)C(=O)Cc1ccccc1CN. The molecule has 0 radical (unpaired) electrons. The van der Waals surface area contributed by atoms with Crippen LogP contribution in [0.1, 0.15) is 25.0 Å². The lowest BCUT2D eigenvalue weighted by Crippen LogP contribution is -2.41. The molecule has 0 saturated carbocycles. The van der Waals surface area contributed by atoms with Crippen LogP contribution in [0.2, 0.25) is 0 Å². The van der Waals surface area contributed by atoms with E-state index in [1.165, 1.54) is 4.90 Å². The molecular formula is C15H23N3O2. The first-order valence-corrected chi connectivity index (χ1v) is 6.74. The third-order valence-electron chi connectivity index (χ3n) is 2.94. The fraction of sp³-hybridized carbons (Fsp3) is 0.467. The molecule has 0 spiro atoms. The first-order valence-electron chi connectivity index (χ1n) is 6.74. The van der Waals surface area contributed by atoms with Crippen LogP contribution in [0.3, 0.4) is 0 Å². The number of nitrogens with zero attached hydrogens (tertiary/aromatic N) is 1. The lowest BCUT2D eigenvalue weighted by molar-refractivity contribution is -0.134. The number of benzene rings is 1. The van der Waals surface area contributed by atoms with Crippen molar-refractivity contribution in [3.63, 3.8) is 0 Å². The third-order valence-corrected chi connectivity index (χ3v) is 2.94. The molecule has 0 aliphatic rings. The maximum Gasteiger partial charge on any atom is 0.239 e. The number of carbonyl (C=O) groups excluding carboxylic acids is 2. The highest BCUT2D eigenvalue weighted by atomic mass is 16.2. The number of hydrogen-bond acceptors (Lipinski definition) is 3. The van der Waals surface area contributed by atoms with Crippen LogP contribution in [0, 0.1) is 0 Å². The van der Waals surface area contributed by atoms with E-state index in [0.29, 0.717) is 6.54 Å². The average molecular weight is 277 g/mol. The zero-order valence-electron chi connectivity index (χ0n) is 12.3. The summed E-state index contributed by atoms with van der Waals surface area (Å²) in [7, 11) is 1.63. The van der Waals surface area contributed by atoms with Gasteiger partial charge >= 0.3 is 0 Å². The summed E-state index contributed by atoms with van der Waals surface area (Å²) >= 11 is 0. The molecule has 0 aromatic heterocycles. The summed E-state index contributed by atoms with van der Waals surface area (Å²) in [4.78, 5) is 25.2. The minimum absolute atomic E-state index is 0.0712. The summed E-state index contributed by atoms with van der Waals surface area (Å²) in [6, 6.07) is 7.66. The van der Waals surface area contributed by atoms with E-state index in [9.17, 15) is 9.59 Å². The summed E-state index contributed by atoms with van der Waals surface area (Å²) in [5, 5.41) is 2.76. The predicted molar refractivity (Wildman–Crippen MR) is 79.0 cm³/mol. The fourth-order valence-electron chi connectivity index (χ4n) is 1.90. The van der Waals surface area contributed by atoms with E-state index in [-0.39, 0.29) is 30.8 Å². The molecule has 0 fully saturated rings. The standard InChI is InChI=1S/C15H23N3O2/c1-11(2)17-14(19)10-18(3)15(20)8-12-6-4-5-7-13(12)9-16/h4-7,11H,8-10,16H2,1-3H3,(H,17,19). The lowest BCUT2D eigenvalue weighted by Gasteiger charge is -2.18. The van der Waals surface area contributed by atoms with Crippen molar-refractivity contribution in [1.82, 2.24) is 10.2 Å². The average Bonchev–Trinajstić information content (AvgIpc) is 2.38. The number of rotatable bonds is 6. The summed E-state index contributed by atoms with van der Waals surface area (Å²) in [6.45, 7) is 4.25. The number of amides is 2. The van der Waals surface area contributed by atoms with Crippen molar-refractivity contribution in [2.24, 2.45) is 5.73 Å². The Kier molecular flexibility index (Phi) is 6.18. The Morgan fingerprint density at radius 1 is 1.25 bits per heavy atom. The van der Waals surface area contributed by atoms with E-state index in [2.05, 4.69) is 5.32 Å². The normalized spacial score (nSPS) is 10.4. The second-order valence-electron chi connectivity index (χ2n) is 5.12. The van der Waals surface area contributed by atoms with Gasteiger partial charge in [-0.05, 0) is 25.0 Å². The van der Waals surface area contributed by atoms with Crippen LogP contribution in [0.5, 0.6) is 0 Å². The third kappa shape index (κ3) is 5.01. The minimum atomic E-state index is -0.150. The van der Waals surface area contributed by atoms with Gasteiger partial charge in [-0.1, -0.05) is 24.3 Å². The van der Waals surface area contributed by atoms with Gasteiger partial charge in [0.05, 0.1) is 13.0 Å². The Labute approximate surface area is 120 Å². The highest BCUT2D eigenvalue weighted by Gasteiger charge is 2.15. The number of hydrogen-bond donors (Lipinski definition) is 2. The Balaban J connectivity index is 2.59. The van der Waals surface area contributed by atoms with Gasteiger partial charge in [0.15, 0.2) is 0 Å². The van der Waals surface area contributed by atoms with Crippen molar-refractivity contribution in [2.45, 2.75) is 32.9 Å². The zero-order valence-corrected chi connectivity index (χ0v) is 12.3. The number of nitrogens with one attached hydrogen (secondary N) is 1. The Morgan fingerprint density at radius 3 is 2.40 bits per heavy atom. The molecule has 0 saturated heterocycles. The Morgan fingerprint density at radius 2 is 1.85 bits per heavy atom. The summed E-state index contributed by atoms with van der Waals surface area (Å²) < 4.78 is 0. The van der Waals surface area contributed by atoms with E-state index in [1.807, 2.05) is 38.1 Å². The first kappa shape index (κ1) is 16.2. The fourth-order valence-corrected chi connectivity index (χ4v) is 1.90. The smallest absolute Gasteiger partial charge is 0.239 e. The molecule has 0 bridgehead atoms. The van der Waals surface area contributed by atoms with Crippen molar-refractivity contribution >= 4 is 11.8 Å². The highest BCUT2D eigenvalue weighted by molar-refractivity contribution is 5.85. The molecule has 0 heterocycles. The number of carbonyl (C=O) groups is 2. The predicted octanol–water partition coefficient (Wildman–Crippen LogP) is 0.671. The van der Waals surface area contributed by atoms with Gasteiger partial charge in [0.1, 0.15) is 0 Å². The van der Waals surface area contributed by atoms with Gasteiger partial charge in [0.25, 0.3) is 0 Å². The van der Waals surface area contributed by atoms with E-state index in [4.69, 9.17) is 5.73 Å². The van der Waals surface area contributed by atoms with Crippen molar-refractivity contribution in [3.05, 3.63) is 35.4 Å². The molecule has 2 amide bonds. The molecule has 0 atom stereocenters. The van der Waals surface area contributed by atoms with Gasteiger partial charge in [0.2, 0.25) is 11.8 Å². The van der Waals surface area contributed by atoms with Crippen LogP contribution in [-0.2, 0) is 22.6 Å². The van der Waals surface area contributed by atoms with E-state index >= 15 is 0 Å². The maximum atomic E-state index is 12.1. The monoisotopic (exact) mass is 277 g/mol. The van der Waals surface area contributed by atoms with Crippen LogP contribution < -0.4 is 11.1 Å². The molecule has 5 nitrogen and oxygen atoms in total. The molecule has 20 heavy (non-hydrogen) atoms. The van der Waals surface area contributed by atoms with Crippen molar-refractivity contribution in [2.75, 3.05) is 13.6 Å². The molecule has 0 unspecified atom stereocenters. The maximum absolute atomic E-state index is 12.1. The molecule has 3 N–H and O–H groups in total. The number of nitrogens with two attached hydrogens (primary N) is 1. The second-order valence-corrected chi connectivity index (χ2v) is 5.12. The van der Waals surface area contributed by atoms with E-state index in [1.54, 1.807) is 7.05 Å². The lowest BCUT2D eigenvalue weighted by atomic mass is 10.0.